The van der Waals surface area contributed by atoms with Crippen molar-refractivity contribution in [3.63, 3.8) is 0 Å². The van der Waals surface area contributed by atoms with Crippen LogP contribution in [0.1, 0.15) is 81.5 Å². The molecule has 162 valence electrons. The predicted octanol–water partition coefficient (Wildman–Crippen LogP) is 4.10. The van der Waals surface area contributed by atoms with Crippen molar-refractivity contribution in [2.45, 2.75) is 88.1 Å². The smallest absolute Gasteiger partial charge is 0.251 e. The number of benzene rings is 1. The number of ether oxygens (including phenoxy) is 1. The van der Waals surface area contributed by atoms with Gasteiger partial charge in [-0.1, -0.05) is 38.5 Å². The number of piperidine rings is 1. The summed E-state index contributed by atoms with van der Waals surface area (Å²) in [4.78, 5) is 13.0. The van der Waals surface area contributed by atoms with E-state index in [1.165, 1.54) is 32.4 Å². The van der Waals surface area contributed by atoms with Gasteiger partial charge in [-0.2, -0.15) is 4.31 Å². The Morgan fingerprint density at radius 1 is 1.03 bits per heavy atom. The first-order chi connectivity index (χ1) is 13.9. The summed E-state index contributed by atoms with van der Waals surface area (Å²) < 4.78 is 33.6. The molecule has 2 aliphatic rings. The van der Waals surface area contributed by atoms with Gasteiger partial charge in [-0.15, -0.1) is 0 Å². The van der Waals surface area contributed by atoms with E-state index in [-0.39, 0.29) is 28.6 Å². The minimum absolute atomic E-state index is 0.0501. The maximum Gasteiger partial charge on any atom is 0.251 e. The normalized spacial score (nSPS) is 22.5. The molecule has 1 aliphatic heterocycles. The zero-order valence-electron chi connectivity index (χ0n) is 17.7. The van der Waals surface area contributed by atoms with Crippen LogP contribution in [-0.4, -0.2) is 44.4 Å². The summed E-state index contributed by atoms with van der Waals surface area (Å²) in [5.74, 6) is 0.0756. The van der Waals surface area contributed by atoms with Crippen LogP contribution in [0.15, 0.2) is 23.1 Å². The lowest BCUT2D eigenvalue weighted by atomic mass is 9.96. The second-order valence-electron chi connectivity index (χ2n) is 8.34. The number of sulfonamides is 1. The zero-order chi connectivity index (χ0) is 20.9. The molecule has 29 heavy (non-hydrogen) atoms. The predicted molar refractivity (Wildman–Crippen MR) is 114 cm³/mol. The maximum absolute atomic E-state index is 13.3. The van der Waals surface area contributed by atoms with Crippen molar-refractivity contribution >= 4 is 15.9 Å². The molecule has 6 nitrogen and oxygen atoms in total. The third kappa shape index (κ3) is 5.31. The zero-order valence-corrected chi connectivity index (χ0v) is 18.5. The van der Waals surface area contributed by atoms with Crippen molar-refractivity contribution in [1.82, 2.24) is 9.62 Å². The SMILES string of the molecule is COc1ccc(C(=O)NC2CCCCCCC2)cc1S(=O)(=O)N1CCCCC1C. The average molecular weight is 423 g/mol. The third-order valence-electron chi connectivity index (χ3n) is 6.19. The maximum atomic E-state index is 13.3. The fourth-order valence-electron chi connectivity index (χ4n) is 4.44. The molecule has 0 spiro atoms. The summed E-state index contributed by atoms with van der Waals surface area (Å²) in [5.41, 5.74) is 0.371. The summed E-state index contributed by atoms with van der Waals surface area (Å²) in [6, 6.07) is 4.83. The van der Waals surface area contributed by atoms with Gasteiger partial charge in [0.05, 0.1) is 7.11 Å². The van der Waals surface area contributed by atoms with E-state index in [1.807, 2.05) is 6.92 Å². The molecule has 1 aromatic rings. The van der Waals surface area contributed by atoms with Crippen LogP contribution in [0.5, 0.6) is 5.75 Å². The van der Waals surface area contributed by atoms with E-state index in [4.69, 9.17) is 4.74 Å². The molecule has 1 saturated heterocycles. The van der Waals surface area contributed by atoms with Gasteiger partial charge in [0.1, 0.15) is 10.6 Å². The first-order valence-corrected chi connectivity index (χ1v) is 12.4. The Morgan fingerprint density at radius 2 is 1.69 bits per heavy atom. The average Bonchev–Trinajstić information content (AvgIpc) is 2.69. The Hall–Kier alpha value is -1.60. The molecule has 1 heterocycles. The Morgan fingerprint density at radius 3 is 2.34 bits per heavy atom. The van der Waals surface area contributed by atoms with Crippen molar-refractivity contribution in [2.24, 2.45) is 0 Å². The van der Waals surface area contributed by atoms with Gasteiger partial charge in [-0.05, 0) is 50.8 Å². The minimum Gasteiger partial charge on any atom is -0.495 e. The van der Waals surface area contributed by atoms with Crippen molar-refractivity contribution in [3.8, 4) is 5.75 Å². The molecule has 1 saturated carbocycles. The van der Waals surface area contributed by atoms with E-state index in [0.29, 0.717) is 12.1 Å². The number of nitrogens with one attached hydrogen (secondary N) is 1. The van der Waals surface area contributed by atoms with E-state index >= 15 is 0 Å². The number of amides is 1. The minimum atomic E-state index is -3.73. The van der Waals surface area contributed by atoms with Crippen LogP contribution in [0.25, 0.3) is 0 Å². The van der Waals surface area contributed by atoms with E-state index in [9.17, 15) is 13.2 Å². The van der Waals surface area contributed by atoms with Crippen LogP contribution in [-0.2, 0) is 10.0 Å². The first kappa shape index (κ1) is 22.1. The topological polar surface area (TPSA) is 75.7 Å². The number of carbonyl (C=O) groups is 1. The highest BCUT2D eigenvalue weighted by atomic mass is 32.2. The van der Waals surface area contributed by atoms with Gasteiger partial charge < -0.3 is 10.1 Å². The summed E-state index contributed by atoms with van der Waals surface area (Å²) in [5, 5.41) is 3.12. The largest absolute Gasteiger partial charge is 0.495 e. The van der Waals surface area contributed by atoms with Gasteiger partial charge in [0.25, 0.3) is 5.91 Å². The molecule has 1 atom stereocenters. The lowest BCUT2D eigenvalue weighted by Gasteiger charge is -2.32. The number of methoxy groups -OCH3 is 1. The molecule has 0 radical (unpaired) electrons. The summed E-state index contributed by atoms with van der Waals surface area (Å²) in [7, 11) is -2.26. The van der Waals surface area contributed by atoms with Crippen LogP contribution in [0.2, 0.25) is 0 Å². The molecule has 1 aliphatic carbocycles. The number of hydrogen-bond acceptors (Lipinski definition) is 4. The Kier molecular flexibility index (Phi) is 7.57. The van der Waals surface area contributed by atoms with Gasteiger partial charge >= 0.3 is 0 Å². The fraction of sp³-hybridized carbons (Fsp3) is 0.682. The molecule has 1 aromatic carbocycles. The van der Waals surface area contributed by atoms with E-state index in [1.54, 1.807) is 16.4 Å². The van der Waals surface area contributed by atoms with Crippen LogP contribution in [0.3, 0.4) is 0 Å². The van der Waals surface area contributed by atoms with Crippen molar-refractivity contribution < 1.29 is 17.9 Å². The second kappa shape index (κ2) is 9.94. The molecule has 0 bridgehead atoms. The van der Waals surface area contributed by atoms with Crippen molar-refractivity contribution in [2.75, 3.05) is 13.7 Å². The van der Waals surface area contributed by atoms with Crippen LogP contribution in [0, 0.1) is 0 Å². The number of rotatable bonds is 5. The fourth-order valence-corrected chi connectivity index (χ4v) is 6.33. The molecule has 0 aromatic heterocycles. The number of hydrogen-bond donors (Lipinski definition) is 1. The highest BCUT2D eigenvalue weighted by molar-refractivity contribution is 7.89. The highest BCUT2D eigenvalue weighted by Crippen LogP contribution is 2.31. The van der Waals surface area contributed by atoms with Crippen molar-refractivity contribution in [1.29, 1.82) is 0 Å². The number of nitrogens with zero attached hydrogens (tertiary/aromatic N) is 1. The van der Waals surface area contributed by atoms with Crippen LogP contribution >= 0.6 is 0 Å². The lowest BCUT2D eigenvalue weighted by molar-refractivity contribution is 0.0930. The third-order valence-corrected chi connectivity index (χ3v) is 8.23. The molecule has 2 fully saturated rings. The Bertz CT molecular complexity index is 801. The van der Waals surface area contributed by atoms with Gasteiger partial charge in [0, 0.05) is 24.2 Å². The molecule has 1 unspecified atom stereocenters. The molecule has 3 rings (SSSR count). The van der Waals surface area contributed by atoms with E-state index < -0.39 is 10.0 Å². The first-order valence-electron chi connectivity index (χ1n) is 10.9. The molecule has 7 heteroatoms. The summed E-state index contributed by atoms with van der Waals surface area (Å²) >= 11 is 0. The monoisotopic (exact) mass is 422 g/mol. The molecular formula is C22H34N2O4S. The van der Waals surface area contributed by atoms with Crippen LogP contribution in [0.4, 0.5) is 0 Å². The summed E-state index contributed by atoms with van der Waals surface area (Å²) in [6.45, 7) is 2.44. The standard InChI is InChI=1S/C22H34N2O4S/c1-17-10-8-9-15-24(17)29(26,27)21-16-18(13-14-20(21)28-2)22(25)23-19-11-6-4-3-5-7-12-19/h13-14,16-17,19H,3-12,15H2,1-2H3,(H,23,25). The van der Waals surface area contributed by atoms with Crippen LogP contribution < -0.4 is 10.1 Å². The van der Waals surface area contributed by atoms with Gasteiger partial charge in [0.15, 0.2) is 0 Å². The lowest BCUT2D eigenvalue weighted by Crippen LogP contribution is -2.42. The second-order valence-corrected chi connectivity index (χ2v) is 10.2. The van der Waals surface area contributed by atoms with Gasteiger partial charge in [-0.25, -0.2) is 8.42 Å². The number of carbonyl (C=O) groups excluding carboxylic acids is 1. The van der Waals surface area contributed by atoms with Gasteiger partial charge in [-0.3, -0.25) is 4.79 Å². The Labute approximate surface area is 175 Å². The highest BCUT2D eigenvalue weighted by Gasteiger charge is 2.33. The molecule has 1 N–H and O–H groups in total. The van der Waals surface area contributed by atoms with Gasteiger partial charge in [0.2, 0.25) is 10.0 Å². The summed E-state index contributed by atoms with van der Waals surface area (Å²) in [6.07, 6.45) is 10.7. The molecular weight excluding hydrogens is 388 g/mol. The van der Waals surface area contributed by atoms with Crippen molar-refractivity contribution in [3.05, 3.63) is 23.8 Å². The van der Waals surface area contributed by atoms with E-state index in [0.717, 1.165) is 44.9 Å². The molecule has 1 amide bonds. The van der Waals surface area contributed by atoms with E-state index in [2.05, 4.69) is 5.32 Å². The quantitative estimate of drug-likeness (QED) is 0.775. The Balaban J connectivity index is 1.83.